The first kappa shape index (κ1) is 14.2. The number of nitrogens with one attached hydrogen (secondary N) is 1. The molecular formula is C12H10BrF3N2S. The number of benzene rings is 1. The first-order valence-corrected chi connectivity index (χ1v) is 6.97. The highest BCUT2D eigenvalue weighted by atomic mass is 79.9. The zero-order valence-electron chi connectivity index (χ0n) is 9.59. The van der Waals surface area contributed by atoms with Gasteiger partial charge in [0.25, 0.3) is 0 Å². The largest absolute Gasteiger partial charge is 0.418 e. The normalized spacial score (nSPS) is 11.6. The Bertz CT molecular complexity index is 581. The van der Waals surface area contributed by atoms with E-state index in [1.54, 1.807) is 17.5 Å². The molecular weight excluding hydrogens is 341 g/mol. The molecule has 0 saturated carbocycles. The Morgan fingerprint density at radius 2 is 2.00 bits per heavy atom. The van der Waals surface area contributed by atoms with Gasteiger partial charge in [0, 0.05) is 20.7 Å². The molecule has 0 aliphatic carbocycles. The van der Waals surface area contributed by atoms with Crippen molar-refractivity contribution in [2.45, 2.75) is 12.7 Å². The number of hydrogen-bond donors (Lipinski definition) is 2. The molecule has 0 spiro atoms. The lowest BCUT2D eigenvalue weighted by Gasteiger charge is -2.14. The zero-order chi connectivity index (χ0) is 14.0. The summed E-state index contributed by atoms with van der Waals surface area (Å²) in [6, 6.07) is 5.75. The summed E-state index contributed by atoms with van der Waals surface area (Å²) in [5.41, 5.74) is 5.63. The Morgan fingerprint density at radius 1 is 1.26 bits per heavy atom. The van der Waals surface area contributed by atoms with E-state index in [-0.39, 0.29) is 12.2 Å². The fraction of sp³-hybridized carbons (Fsp3) is 0.167. The third kappa shape index (κ3) is 3.42. The van der Waals surface area contributed by atoms with E-state index in [0.29, 0.717) is 10.2 Å². The van der Waals surface area contributed by atoms with Crippen molar-refractivity contribution in [3.05, 3.63) is 44.6 Å². The second kappa shape index (κ2) is 5.42. The summed E-state index contributed by atoms with van der Waals surface area (Å²) in [6.45, 7) is 0.272. The van der Waals surface area contributed by atoms with E-state index in [1.165, 1.54) is 17.4 Å². The van der Waals surface area contributed by atoms with E-state index >= 15 is 0 Å². The predicted molar refractivity (Wildman–Crippen MR) is 75.2 cm³/mol. The third-order valence-corrected chi connectivity index (χ3v) is 3.94. The van der Waals surface area contributed by atoms with Crippen LogP contribution in [0.5, 0.6) is 0 Å². The highest BCUT2D eigenvalue weighted by Crippen LogP contribution is 2.37. The molecule has 2 aromatic rings. The van der Waals surface area contributed by atoms with E-state index in [0.717, 1.165) is 10.9 Å². The summed E-state index contributed by atoms with van der Waals surface area (Å²) in [5, 5.41) is 4.58. The van der Waals surface area contributed by atoms with E-state index in [9.17, 15) is 13.2 Å². The number of hydrogen-bond acceptors (Lipinski definition) is 3. The van der Waals surface area contributed by atoms with Crippen molar-refractivity contribution in [1.29, 1.82) is 0 Å². The Morgan fingerprint density at radius 3 is 2.58 bits per heavy atom. The Hall–Kier alpha value is -1.21. The first-order chi connectivity index (χ1) is 8.88. The van der Waals surface area contributed by atoms with E-state index in [2.05, 4.69) is 21.2 Å². The van der Waals surface area contributed by atoms with Gasteiger partial charge in [-0.25, -0.2) is 0 Å². The van der Waals surface area contributed by atoms with Crippen LogP contribution in [0.1, 0.15) is 10.4 Å². The van der Waals surface area contributed by atoms with Crippen LogP contribution in [-0.4, -0.2) is 0 Å². The van der Waals surface area contributed by atoms with Gasteiger partial charge in [0.15, 0.2) is 0 Å². The molecule has 0 aliphatic rings. The number of halogens is 4. The number of anilines is 2. The molecule has 0 amide bonds. The smallest absolute Gasteiger partial charge is 0.398 e. The topological polar surface area (TPSA) is 38.0 Å². The van der Waals surface area contributed by atoms with Gasteiger partial charge < -0.3 is 11.1 Å². The minimum atomic E-state index is -4.40. The number of nitrogens with two attached hydrogens (primary N) is 1. The van der Waals surface area contributed by atoms with Gasteiger partial charge >= 0.3 is 6.18 Å². The van der Waals surface area contributed by atoms with Crippen LogP contribution in [-0.2, 0) is 12.7 Å². The van der Waals surface area contributed by atoms with Crippen molar-refractivity contribution in [2.75, 3.05) is 11.1 Å². The van der Waals surface area contributed by atoms with Crippen LogP contribution in [0.2, 0.25) is 0 Å². The molecule has 1 heterocycles. The predicted octanol–water partition coefficient (Wildman–Crippen LogP) is 4.72. The van der Waals surface area contributed by atoms with Gasteiger partial charge in [0.1, 0.15) is 0 Å². The highest BCUT2D eigenvalue weighted by molar-refractivity contribution is 9.10. The fourth-order valence-electron chi connectivity index (χ4n) is 1.57. The summed E-state index contributed by atoms with van der Waals surface area (Å²) in [5.74, 6) is 0. The van der Waals surface area contributed by atoms with E-state index < -0.39 is 11.7 Å². The van der Waals surface area contributed by atoms with Gasteiger partial charge in [-0.2, -0.15) is 13.2 Å². The molecule has 0 atom stereocenters. The van der Waals surface area contributed by atoms with Gasteiger partial charge in [0.05, 0.1) is 12.1 Å². The van der Waals surface area contributed by atoms with E-state index in [1.807, 2.05) is 0 Å². The minimum Gasteiger partial charge on any atom is -0.398 e. The van der Waals surface area contributed by atoms with Gasteiger partial charge in [-0.3, -0.25) is 0 Å². The molecule has 1 aromatic carbocycles. The monoisotopic (exact) mass is 350 g/mol. The molecule has 2 nitrogen and oxygen atoms in total. The van der Waals surface area contributed by atoms with Gasteiger partial charge in [-0.05, 0) is 29.6 Å². The third-order valence-electron chi connectivity index (χ3n) is 2.51. The maximum absolute atomic E-state index is 12.9. The quantitative estimate of drug-likeness (QED) is 0.840. The molecule has 19 heavy (non-hydrogen) atoms. The fourth-order valence-corrected chi connectivity index (χ4v) is 2.67. The summed E-state index contributed by atoms with van der Waals surface area (Å²) >= 11 is 4.45. The van der Waals surface area contributed by atoms with Crippen molar-refractivity contribution in [3.8, 4) is 0 Å². The lowest BCUT2D eigenvalue weighted by atomic mass is 10.1. The Labute approximate surface area is 120 Å². The molecule has 0 radical (unpaired) electrons. The minimum absolute atomic E-state index is 0.0449. The molecule has 0 unspecified atom stereocenters. The number of nitrogen functional groups attached to an aromatic ring is 1. The summed E-state index contributed by atoms with van der Waals surface area (Å²) in [6.07, 6.45) is -4.40. The summed E-state index contributed by atoms with van der Waals surface area (Å²) in [4.78, 5) is 0.816. The van der Waals surface area contributed by atoms with Crippen LogP contribution < -0.4 is 11.1 Å². The van der Waals surface area contributed by atoms with Crippen molar-refractivity contribution in [1.82, 2.24) is 0 Å². The molecule has 3 N–H and O–H groups in total. The maximum Gasteiger partial charge on any atom is 0.418 e. The van der Waals surface area contributed by atoms with Crippen molar-refractivity contribution >= 4 is 38.6 Å². The maximum atomic E-state index is 12.9. The lowest BCUT2D eigenvalue weighted by molar-refractivity contribution is -0.137. The molecule has 1 aromatic heterocycles. The molecule has 0 aliphatic heterocycles. The molecule has 7 heteroatoms. The van der Waals surface area contributed by atoms with Crippen LogP contribution in [0.15, 0.2) is 34.1 Å². The van der Waals surface area contributed by atoms with Gasteiger partial charge in [0.2, 0.25) is 0 Å². The van der Waals surface area contributed by atoms with Crippen molar-refractivity contribution < 1.29 is 13.2 Å². The van der Waals surface area contributed by atoms with E-state index in [4.69, 9.17) is 5.73 Å². The van der Waals surface area contributed by atoms with Crippen LogP contribution >= 0.6 is 27.3 Å². The Kier molecular flexibility index (Phi) is 4.05. The molecule has 0 fully saturated rings. The van der Waals surface area contributed by atoms with Crippen LogP contribution in [0.25, 0.3) is 0 Å². The van der Waals surface area contributed by atoms with Crippen molar-refractivity contribution in [2.24, 2.45) is 0 Å². The lowest BCUT2D eigenvalue weighted by Crippen LogP contribution is -2.11. The second-order valence-electron chi connectivity index (χ2n) is 3.84. The summed E-state index contributed by atoms with van der Waals surface area (Å²) < 4.78 is 39.1. The van der Waals surface area contributed by atoms with Gasteiger partial charge in [-0.1, -0.05) is 15.9 Å². The standard InChI is InChI=1S/C12H10BrF3N2S/c13-7-1-2-10(8(5-7)12(14,15)16)18-6-11-9(17)3-4-19-11/h1-5,18H,6,17H2. The Balaban J connectivity index is 2.23. The van der Waals surface area contributed by atoms with Crippen LogP contribution in [0.4, 0.5) is 24.5 Å². The number of alkyl halides is 3. The molecule has 0 saturated heterocycles. The van der Waals surface area contributed by atoms with Crippen LogP contribution in [0, 0.1) is 0 Å². The zero-order valence-corrected chi connectivity index (χ0v) is 12.0. The van der Waals surface area contributed by atoms with Crippen LogP contribution in [0.3, 0.4) is 0 Å². The number of rotatable bonds is 3. The van der Waals surface area contributed by atoms with Gasteiger partial charge in [-0.15, -0.1) is 11.3 Å². The summed E-state index contributed by atoms with van der Waals surface area (Å²) in [7, 11) is 0. The molecule has 2 rings (SSSR count). The average molecular weight is 351 g/mol. The first-order valence-electron chi connectivity index (χ1n) is 5.30. The average Bonchev–Trinajstić information content (AvgIpc) is 2.72. The highest BCUT2D eigenvalue weighted by Gasteiger charge is 2.33. The molecule has 102 valence electrons. The molecule has 0 bridgehead atoms. The number of thiophene rings is 1. The SMILES string of the molecule is Nc1ccsc1CNc1ccc(Br)cc1C(F)(F)F. The van der Waals surface area contributed by atoms with Crippen molar-refractivity contribution in [3.63, 3.8) is 0 Å². The second-order valence-corrected chi connectivity index (χ2v) is 5.76.